The Balaban J connectivity index is 2.59. The van der Waals surface area contributed by atoms with Crippen LogP contribution in [0, 0.1) is 16.0 Å². The molecule has 1 aromatic rings. The van der Waals surface area contributed by atoms with Crippen LogP contribution in [0.4, 0.5) is 24.5 Å². The highest BCUT2D eigenvalue weighted by atomic mass is 19.4. The van der Waals surface area contributed by atoms with Gasteiger partial charge in [0.1, 0.15) is 11.3 Å². The molecule has 1 aromatic carbocycles. The molecule has 0 aliphatic heterocycles. The lowest BCUT2D eigenvalue weighted by Gasteiger charge is -2.21. The molecule has 0 radical (unpaired) electrons. The molecule has 1 aliphatic carbocycles. The van der Waals surface area contributed by atoms with E-state index in [1.807, 2.05) is 13.0 Å². The van der Waals surface area contributed by atoms with E-state index >= 15 is 0 Å². The topological polar surface area (TPSA) is 69.2 Å². The molecule has 1 unspecified atom stereocenters. The van der Waals surface area contributed by atoms with Crippen molar-refractivity contribution in [1.29, 1.82) is 0 Å². The van der Waals surface area contributed by atoms with Crippen molar-refractivity contribution in [2.24, 2.45) is 5.92 Å². The average Bonchev–Trinajstić information content (AvgIpc) is 2.36. The summed E-state index contributed by atoms with van der Waals surface area (Å²) in [4.78, 5) is 9.93. The third-order valence-corrected chi connectivity index (χ3v) is 3.67. The van der Waals surface area contributed by atoms with Crippen LogP contribution < -0.4 is 5.73 Å². The van der Waals surface area contributed by atoms with Crippen LogP contribution in [0.2, 0.25) is 0 Å². The van der Waals surface area contributed by atoms with Crippen LogP contribution in [0.3, 0.4) is 0 Å². The predicted octanol–water partition coefficient (Wildman–Crippen LogP) is 4.40. The average molecular weight is 300 g/mol. The van der Waals surface area contributed by atoms with Gasteiger partial charge >= 0.3 is 11.9 Å². The number of allylic oxidation sites excluding steroid dienone is 2. The second-order valence-corrected chi connectivity index (χ2v) is 5.29. The second-order valence-electron chi connectivity index (χ2n) is 5.29. The standard InChI is InChI=1S/C14H15F3N2O2/c1-8-3-2-4-9(7-8)10-5-6-11(14(15,16)17)13(12(10)18)19(20)21/h4-6,8H,2-3,7,18H2,1H3. The van der Waals surface area contributed by atoms with E-state index in [2.05, 4.69) is 0 Å². The number of alkyl halides is 3. The normalized spacial score (nSPS) is 19.2. The number of hydrogen-bond donors (Lipinski definition) is 1. The zero-order valence-corrected chi connectivity index (χ0v) is 11.4. The van der Waals surface area contributed by atoms with Crippen molar-refractivity contribution in [3.63, 3.8) is 0 Å². The van der Waals surface area contributed by atoms with Crippen molar-refractivity contribution < 1.29 is 18.1 Å². The monoisotopic (exact) mass is 300 g/mol. The van der Waals surface area contributed by atoms with Gasteiger partial charge in [-0.25, -0.2) is 0 Å². The summed E-state index contributed by atoms with van der Waals surface area (Å²) in [5, 5.41) is 11.0. The van der Waals surface area contributed by atoms with Crippen LogP contribution in [0.5, 0.6) is 0 Å². The molecule has 0 saturated heterocycles. The first kappa shape index (κ1) is 15.3. The summed E-state index contributed by atoms with van der Waals surface area (Å²) in [6.45, 7) is 2.03. The van der Waals surface area contributed by atoms with Crippen molar-refractivity contribution in [2.75, 3.05) is 5.73 Å². The van der Waals surface area contributed by atoms with Gasteiger partial charge in [0.2, 0.25) is 0 Å². The maximum Gasteiger partial charge on any atom is 0.423 e. The minimum Gasteiger partial charge on any atom is -0.393 e. The Bertz CT molecular complexity index is 609. The molecule has 2 N–H and O–H groups in total. The van der Waals surface area contributed by atoms with Crippen molar-refractivity contribution >= 4 is 16.9 Å². The van der Waals surface area contributed by atoms with Crippen LogP contribution in [0.25, 0.3) is 5.57 Å². The first-order valence-corrected chi connectivity index (χ1v) is 6.55. The van der Waals surface area contributed by atoms with Gasteiger partial charge in [-0.1, -0.05) is 19.1 Å². The van der Waals surface area contributed by atoms with E-state index in [0.29, 0.717) is 17.9 Å². The second kappa shape index (κ2) is 5.38. The minimum absolute atomic E-state index is 0.334. The number of nitro groups is 1. The highest BCUT2D eigenvalue weighted by Crippen LogP contribution is 2.43. The fraction of sp³-hybridized carbons (Fsp3) is 0.429. The molecular formula is C14H15F3N2O2. The lowest BCUT2D eigenvalue weighted by molar-refractivity contribution is -0.387. The van der Waals surface area contributed by atoms with E-state index in [1.54, 1.807) is 0 Å². The fourth-order valence-corrected chi connectivity index (χ4v) is 2.64. The van der Waals surface area contributed by atoms with E-state index in [1.165, 1.54) is 6.07 Å². The van der Waals surface area contributed by atoms with Crippen LogP contribution in [-0.4, -0.2) is 4.92 Å². The lowest BCUT2D eigenvalue weighted by atomic mass is 9.85. The van der Waals surface area contributed by atoms with Crippen LogP contribution in [0.15, 0.2) is 18.2 Å². The number of halogens is 3. The molecule has 1 atom stereocenters. The molecule has 0 aromatic heterocycles. The molecule has 7 heteroatoms. The smallest absolute Gasteiger partial charge is 0.393 e. The molecule has 0 spiro atoms. The molecule has 0 amide bonds. The van der Waals surface area contributed by atoms with Gasteiger partial charge in [0.15, 0.2) is 0 Å². The van der Waals surface area contributed by atoms with Gasteiger partial charge < -0.3 is 5.73 Å². The quantitative estimate of drug-likeness (QED) is 0.500. The SMILES string of the molecule is CC1CCC=C(c2ccc(C(F)(F)F)c([N+](=O)[O-])c2N)C1. The van der Waals surface area contributed by atoms with E-state index in [0.717, 1.165) is 24.5 Å². The Morgan fingerprint density at radius 2 is 2.05 bits per heavy atom. The molecule has 1 aliphatic rings. The number of nitrogen functional groups attached to an aromatic ring is 1. The molecule has 4 nitrogen and oxygen atoms in total. The third-order valence-electron chi connectivity index (χ3n) is 3.67. The lowest BCUT2D eigenvalue weighted by Crippen LogP contribution is -2.13. The van der Waals surface area contributed by atoms with Gasteiger partial charge in [-0.15, -0.1) is 0 Å². The Kier molecular flexibility index (Phi) is 3.93. The molecule has 21 heavy (non-hydrogen) atoms. The molecule has 2 rings (SSSR count). The highest BCUT2D eigenvalue weighted by Gasteiger charge is 2.40. The number of nitro benzene ring substituents is 1. The van der Waals surface area contributed by atoms with Crippen LogP contribution in [0.1, 0.15) is 37.3 Å². The molecule has 0 fully saturated rings. The summed E-state index contributed by atoms with van der Waals surface area (Å²) in [6.07, 6.45) is -0.463. The molecular weight excluding hydrogens is 285 g/mol. The fourth-order valence-electron chi connectivity index (χ4n) is 2.64. The van der Waals surface area contributed by atoms with E-state index in [-0.39, 0.29) is 0 Å². The molecule has 0 bridgehead atoms. The molecule has 0 heterocycles. The predicted molar refractivity (Wildman–Crippen MR) is 73.5 cm³/mol. The van der Waals surface area contributed by atoms with Gasteiger partial charge in [-0.2, -0.15) is 13.2 Å². The molecule has 114 valence electrons. The summed E-state index contributed by atoms with van der Waals surface area (Å²) >= 11 is 0. The van der Waals surface area contributed by atoms with Gasteiger partial charge in [-0.05, 0) is 36.8 Å². The number of benzene rings is 1. The van der Waals surface area contributed by atoms with Crippen molar-refractivity contribution in [2.45, 2.75) is 32.4 Å². The Morgan fingerprint density at radius 1 is 1.38 bits per heavy atom. The minimum atomic E-state index is -4.80. The summed E-state index contributed by atoms with van der Waals surface area (Å²) < 4.78 is 38.6. The third kappa shape index (κ3) is 3.01. The van der Waals surface area contributed by atoms with Gasteiger partial charge in [0.05, 0.1) is 4.92 Å². The van der Waals surface area contributed by atoms with Crippen molar-refractivity contribution in [1.82, 2.24) is 0 Å². The van der Waals surface area contributed by atoms with Gasteiger partial charge in [0, 0.05) is 5.56 Å². The zero-order chi connectivity index (χ0) is 15.8. The summed E-state index contributed by atoms with van der Waals surface area (Å²) in [5.74, 6) is 0.380. The number of rotatable bonds is 2. The largest absolute Gasteiger partial charge is 0.423 e. The first-order valence-electron chi connectivity index (χ1n) is 6.55. The highest BCUT2D eigenvalue weighted by molar-refractivity contribution is 5.82. The number of nitrogens with zero attached hydrogens (tertiary/aromatic N) is 1. The van der Waals surface area contributed by atoms with Crippen LogP contribution >= 0.6 is 0 Å². The summed E-state index contributed by atoms with van der Waals surface area (Å²) in [5.41, 5.74) is 4.02. The first-order chi connectivity index (χ1) is 9.71. The molecule has 0 saturated carbocycles. The van der Waals surface area contributed by atoms with E-state index in [4.69, 9.17) is 5.73 Å². The Hall–Kier alpha value is -2.05. The zero-order valence-electron chi connectivity index (χ0n) is 11.4. The van der Waals surface area contributed by atoms with Gasteiger partial charge in [-0.3, -0.25) is 10.1 Å². The van der Waals surface area contributed by atoms with Crippen molar-refractivity contribution in [3.05, 3.63) is 39.4 Å². The maximum atomic E-state index is 12.9. The van der Waals surface area contributed by atoms with Crippen molar-refractivity contribution in [3.8, 4) is 0 Å². The van der Waals surface area contributed by atoms with E-state index < -0.39 is 28.0 Å². The van der Waals surface area contributed by atoms with E-state index in [9.17, 15) is 23.3 Å². The number of hydrogen-bond acceptors (Lipinski definition) is 3. The van der Waals surface area contributed by atoms with Crippen LogP contribution in [-0.2, 0) is 6.18 Å². The Morgan fingerprint density at radius 3 is 2.57 bits per heavy atom. The van der Waals surface area contributed by atoms with Gasteiger partial charge in [0.25, 0.3) is 0 Å². The Labute approximate surface area is 119 Å². The number of anilines is 1. The summed E-state index contributed by atoms with van der Waals surface area (Å²) in [6, 6.07) is 1.97. The number of nitrogens with two attached hydrogens (primary N) is 1. The summed E-state index contributed by atoms with van der Waals surface area (Å²) in [7, 11) is 0. The maximum absolute atomic E-state index is 12.9.